The van der Waals surface area contributed by atoms with E-state index in [0.29, 0.717) is 26.9 Å². The van der Waals surface area contributed by atoms with Crippen LogP contribution in [0.25, 0.3) is 20.5 Å². The average Bonchev–Trinajstić information content (AvgIpc) is 3.05. The molecule has 3 heterocycles. The van der Waals surface area contributed by atoms with E-state index < -0.39 is 11.2 Å². The van der Waals surface area contributed by atoms with Crippen LogP contribution in [0.4, 0.5) is 13.2 Å². The van der Waals surface area contributed by atoms with Gasteiger partial charge in [0.1, 0.15) is 5.01 Å². The number of nitrogens with zero attached hydrogens (tertiary/aromatic N) is 4. The summed E-state index contributed by atoms with van der Waals surface area (Å²) in [5, 5.41) is 6.79. The van der Waals surface area contributed by atoms with Crippen LogP contribution in [-0.4, -0.2) is 20.2 Å². The lowest BCUT2D eigenvalue weighted by Crippen LogP contribution is -2.03. The lowest BCUT2D eigenvalue weighted by Gasteiger charge is -1.97. The standard InChI is InChI=1S/C12H7F3N4S2/c1-6-8(10-18-19-11(21-10)12(13,14)15)20-9(17-6)7-3-2-4-16-5-7/h2-5H,1H3. The quantitative estimate of drug-likeness (QED) is 0.712. The summed E-state index contributed by atoms with van der Waals surface area (Å²) < 4.78 is 37.7. The summed E-state index contributed by atoms with van der Waals surface area (Å²) in [6.45, 7) is 1.74. The maximum atomic E-state index is 12.6. The summed E-state index contributed by atoms with van der Waals surface area (Å²) in [6.07, 6.45) is -1.17. The van der Waals surface area contributed by atoms with Crippen LogP contribution >= 0.6 is 22.7 Å². The summed E-state index contributed by atoms with van der Waals surface area (Å²) in [7, 11) is 0. The van der Waals surface area contributed by atoms with Gasteiger partial charge in [-0.15, -0.1) is 21.5 Å². The molecule has 0 unspecified atom stereocenters. The molecule has 108 valence electrons. The van der Waals surface area contributed by atoms with E-state index in [2.05, 4.69) is 20.2 Å². The monoisotopic (exact) mass is 328 g/mol. The van der Waals surface area contributed by atoms with Crippen molar-refractivity contribution in [2.45, 2.75) is 13.1 Å². The molecule has 0 fully saturated rings. The zero-order valence-corrected chi connectivity index (χ0v) is 12.2. The minimum absolute atomic E-state index is 0.229. The first-order valence-corrected chi connectivity index (χ1v) is 7.37. The summed E-state index contributed by atoms with van der Waals surface area (Å²) in [6, 6.07) is 3.62. The van der Waals surface area contributed by atoms with E-state index in [0.717, 1.165) is 5.56 Å². The SMILES string of the molecule is Cc1nc(-c2cccnc2)sc1-c1nnc(C(F)(F)F)s1. The van der Waals surface area contributed by atoms with Crippen molar-refractivity contribution in [3.63, 3.8) is 0 Å². The van der Waals surface area contributed by atoms with E-state index >= 15 is 0 Å². The Bertz CT molecular complexity index is 764. The van der Waals surface area contributed by atoms with Crippen LogP contribution in [0.15, 0.2) is 24.5 Å². The molecule has 0 aliphatic heterocycles. The Hall–Kier alpha value is -1.87. The first kappa shape index (κ1) is 14.1. The van der Waals surface area contributed by atoms with E-state index in [4.69, 9.17) is 0 Å². The van der Waals surface area contributed by atoms with Gasteiger partial charge in [-0.2, -0.15) is 13.2 Å². The van der Waals surface area contributed by atoms with E-state index in [9.17, 15) is 13.2 Å². The van der Waals surface area contributed by atoms with Crippen molar-refractivity contribution in [3.05, 3.63) is 35.2 Å². The normalized spacial score (nSPS) is 11.8. The molecule has 0 aliphatic rings. The fourth-order valence-electron chi connectivity index (χ4n) is 1.64. The lowest BCUT2D eigenvalue weighted by atomic mass is 10.3. The topological polar surface area (TPSA) is 51.6 Å². The van der Waals surface area contributed by atoms with E-state index in [1.165, 1.54) is 11.3 Å². The number of alkyl halides is 3. The molecule has 0 atom stereocenters. The van der Waals surface area contributed by atoms with Crippen LogP contribution in [0.1, 0.15) is 10.7 Å². The molecule has 0 radical (unpaired) electrons. The van der Waals surface area contributed by atoms with Crippen LogP contribution in [-0.2, 0) is 6.18 Å². The van der Waals surface area contributed by atoms with Gasteiger partial charge in [-0.3, -0.25) is 4.98 Å². The maximum absolute atomic E-state index is 12.6. The minimum atomic E-state index is -4.47. The van der Waals surface area contributed by atoms with Gasteiger partial charge in [0.25, 0.3) is 0 Å². The highest BCUT2D eigenvalue weighted by molar-refractivity contribution is 7.23. The highest BCUT2D eigenvalue weighted by Crippen LogP contribution is 2.39. The number of hydrogen-bond acceptors (Lipinski definition) is 6. The molecule has 0 amide bonds. The summed E-state index contributed by atoms with van der Waals surface area (Å²) >= 11 is 1.80. The molecule has 9 heteroatoms. The first-order valence-electron chi connectivity index (χ1n) is 5.74. The van der Waals surface area contributed by atoms with Gasteiger partial charge in [-0.25, -0.2) is 4.98 Å². The largest absolute Gasteiger partial charge is 0.445 e. The highest BCUT2D eigenvalue weighted by Gasteiger charge is 2.36. The van der Waals surface area contributed by atoms with Crippen LogP contribution in [0, 0.1) is 6.92 Å². The molecule has 0 aliphatic carbocycles. The molecule has 0 aromatic carbocycles. The number of rotatable bonds is 2. The number of pyridine rings is 1. The second-order valence-corrected chi connectivity index (χ2v) is 6.06. The number of hydrogen-bond donors (Lipinski definition) is 0. The van der Waals surface area contributed by atoms with Crippen LogP contribution < -0.4 is 0 Å². The van der Waals surface area contributed by atoms with Crippen LogP contribution in [0.3, 0.4) is 0 Å². The fourth-order valence-corrected chi connectivity index (χ4v) is 3.53. The van der Waals surface area contributed by atoms with Gasteiger partial charge in [-0.1, -0.05) is 11.3 Å². The van der Waals surface area contributed by atoms with Gasteiger partial charge >= 0.3 is 6.18 Å². The molecule has 4 nitrogen and oxygen atoms in total. The summed E-state index contributed by atoms with van der Waals surface area (Å²) in [4.78, 5) is 8.97. The smallest absolute Gasteiger partial charge is 0.264 e. The highest BCUT2D eigenvalue weighted by atomic mass is 32.1. The molecule has 0 N–H and O–H groups in total. The van der Waals surface area contributed by atoms with Crippen molar-refractivity contribution in [2.75, 3.05) is 0 Å². The van der Waals surface area contributed by atoms with E-state index in [1.54, 1.807) is 25.4 Å². The Balaban J connectivity index is 2.00. The molecular weight excluding hydrogens is 321 g/mol. The number of aromatic nitrogens is 4. The van der Waals surface area contributed by atoms with Gasteiger partial charge in [-0.05, 0) is 19.1 Å². The van der Waals surface area contributed by atoms with Gasteiger partial charge in [0, 0.05) is 18.0 Å². The Labute approximate surface area is 125 Å². The number of halogens is 3. The number of aryl methyl sites for hydroxylation is 1. The second-order valence-electron chi connectivity index (χ2n) is 4.09. The zero-order valence-electron chi connectivity index (χ0n) is 10.5. The second kappa shape index (κ2) is 5.15. The van der Waals surface area contributed by atoms with Crippen molar-refractivity contribution in [1.29, 1.82) is 0 Å². The van der Waals surface area contributed by atoms with Crippen molar-refractivity contribution in [3.8, 4) is 20.5 Å². The lowest BCUT2D eigenvalue weighted by molar-refractivity contribution is -0.138. The molecule has 0 bridgehead atoms. The van der Waals surface area contributed by atoms with E-state index in [1.807, 2.05) is 6.07 Å². The maximum Gasteiger partial charge on any atom is 0.445 e. The molecule has 0 saturated heterocycles. The van der Waals surface area contributed by atoms with Crippen LogP contribution in [0.5, 0.6) is 0 Å². The molecule has 0 saturated carbocycles. The third-order valence-corrected chi connectivity index (χ3v) is 4.89. The molecule has 3 rings (SSSR count). The first-order chi connectivity index (χ1) is 9.95. The van der Waals surface area contributed by atoms with Crippen molar-refractivity contribution >= 4 is 22.7 Å². The predicted octanol–water partition coefficient (Wildman–Crippen LogP) is 4.05. The Morgan fingerprint density at radius 3 is 2.52 bits per heavy atom. The van der Waals surface area contributed by atoms with Gasteiger partial charge in [0.05, 0.1) is 10.6 Å². The van der Waals surface area contributed by atoms with Crippen molar-refractivity contribution < 1.29 is 13.2 Å². The Kier molecular flexibility index (Phi) is 3.46. The summed E-state index contributed by atoms with van der Waals surface area (Å²) in [5.41, 5.74) is 1.45. The van der Waals surface area contributed by atoms with Gasteiger partial charge in [0.2, 0.25) is 5.01 Å². The van der Waals surface area contributed by atoms with Crippen molar-refractivity contribution in [1.82, 2.24) is 20.2 Å². The molecule has 0 spiro atoms. The van der Waals surface area contributed by atoms with Gasteiger partial charge in [0.15, 0.2) is 5.01 Å². The zero-order chi connectivity index (χ0) is 15.0. The third-order valence-electron chi connectivity index (χ3n) is 2.57. The van der Waals surface area contributed by atoms with Gasteiger partial charge < -0.3 is 0 Å². The Morgan fingerprint density at radius 1 is 1.10 bits per heavy atom. The molecular formula is C12H7F3N4S2. The van der Waals surface area contributed by atoms with Crippen LogP contribution in [0.2, 0.25) is 0 Å². The average molecular weight is 328 g/mol. The van der Waals surface area contributed by atoms with E-state index in [-0.39, 0.29) is 5.01 Å². The molecule has 21 heavy (non-hydrogen) atoms. The summed E-state index contributed by atoms with van der Waals surface area (Å²) in [5.74, 6) is 0. The minimum Gasteiger partial charge on any atom is -0.264 e. The van der Waals surface area contributed by atoms with Crippen molar-refractivity contribution in [2.24, 2.45) is 0 Å². The Morgan fingerprint density at radius 2 is 1.90 bits per heavy atom. The predicted molar refractivity (Wildman–Crippen MR) is 74.0 cm³/mol. The molecule has 3 aromatic rings. The fraction of sp³-hybridized carbons (Fsp3) is 0.167. The number of thiazole rings is 1. The third kappa shape index (κ3) is 2.79. The molecule has 3 aromatic heterocycles.